The van der Waals surface area contributed by atoms with E-state index in [0.29, 0.717) is 34.3 Å². The van der Waals surface area contributed by atoms with Gasteiger partial charge in [0, 0.05) is 49.6 Å². The number of fused-ring (bicyclic) bond motifs is 6. The van der Waals surface area contributed by atoms with Gasteiger partial charge < -0.3 is 9.13 Å². The Morgan fingerprint density at radius 1 is 0.321 bits per heavy atom. The highest BCUT2D eigenvalue weighted by atomic mass is 15.0. The van der Waals surface area contributed by atoms with E-state index in [-0.39, 0.29) is 33.9 Å². The molecule has 56 heavy (non-hydrogen) atoms. The zero-order chi connectivity index (χ0) is 44.0. The van der Waals surface area contributed by atoms with E-state index < -0.39 is 36.3 Å². The van der Waals surface area contributed by atoms with Gasteiger partial charge in [-0.05, 0) is 65.7 Å². The van der Waals surface area contributed by atoms with Crippen LogP contribution in [-0.4, -0.2) is 24.1 Å². The van der Waals surface area contributed by atoms with Crippen LogP contribution in [0, 0.1) is 0 Å². The lowest BCUT2D eigenvalue weighted by atomic mass is 10.0. The summed E-state index contributed by atoms with van der Waals surface area (Å²) in [6.07, 6.45) is 0. The monoisotopic (exact) mass is 723 g/mol. The van der Waals surface area contributed by atoms with Crippen molar-refractivity contribution in [3.05, 3.63) is 200 Å². The largest absolute Gasteiger partial charge is 0.309 e. The third kappa shape index (κ3) is 5.29. The van der Waals surface area contributed by atoms with Gasteiger partial charge in [0.15, 0.2) is 17.5 Å². The normalized spacial score (nSPS) is 13.6. The standard InChI is InChI=1S/C51H33N5/c1-3-16-34(17-4-1)37-30-38(33-40(32-37)56-47-28-13-9-24-43(47)44-25-10-14-29-48(44)56)51-53-49(35-18-5-2-6-19-35)52-50(54-51)36-20-15-21-39(31-36)55-45-26-11-7-22-41(45)42-23-8-12-27-46(42)55/h1-33H/i9D,10D,13D,14D,24D,25D,28D,29D. The van der Waals surface area contributed by atoms with E-state index in [2.05, 4.69) is 41.0 Å². The summed E-state index contributed by atoms with van der Waals surface area (Å²) in [6, 6.07) is 46.0. The molecule has 0 saturated carbocycles. The van der Waals surface area contributed by atoms with Gasteiger partial charge in [0.25, 0.3) is 0 Å². The molecule has 0 unspecified atom stereocenters. The molecule has 0 aliphatic heterocycles. The number of hydrogen-bond donors (Lipinski definition) is 0. The van der Waals surface area contributed by atoms with E-state index in [1.54, 1.807) is 6.07 Å². The molecule has 0 atom stereocenters. The first-order chi connectivity index (χ1) is 31.1. The van der Waals surface area contributed by atoms with Crippen molar-refractivity contribution >= 4 is 43.6 Å². The minimum Gasteiger partial charge on any atom is -0.309 e. The molecule has 0 spiro atoms. The molecule has 3 aromatic heterocycles. The summed E-state index contributed by atoms with van der Waals surface area (Å²) in [6.45, 7) is 0. The van der Waals surface area contributed by atoms with Gasteiger partial charge in [-0.2, -0.15) is 0 Å². The van der Waals surface area contributed by atoms with Crippen LogP contribution >= 0.6 is 0 Å². The highest BCUT2D eigenvalue weighted by Crippen LogP contribution is 2.37. The third-order valence-corrected chi connectivity index (χ3v) is 10.2. The molecule has 0 saturated heterocycles. The molecule has 3 heterocycles. The predicted octanol–water partition coefficient (Wildman–Crippen LogP) is 12.7. The van der Waals surface area contributed by atoms with Gasteiger partial charge in [-0.15, -0.1) is 0 Å². The lowest BCUT2D eigenvalue weighted by Gasteiger charge is -2.15. The fourth-order valence-corrected chi connectivity index (χ4v) is 7.68. The molecular weight excluding hydrogens is 683 g/mol. The van der Waals surface area contributed by atoms with Crippen LogP contribution in [0.4, 0.5) is 0 Å². The molecular formula is C51H33N5. The van der Waals surface area contributed by atoms with E-state index in [0.717, 1.165) is 44.2 Å². The molecule has 5 heteroatoms. The smallest absolute Gasteiger partial charge is 0.164 e. The Hall–Kier alpha value is -7.63. The summed E-state index contributed by atoms with van der Waals surface area (Å²) >= 11 is 0. The van der Waals surface area contributed by atoms with E-state index >= 15 is 0 Å². The van der Waals surface area contributed by atoms with Crippen molar-refractivity contribution in [2.24, 2.45) is 0 Å². The minimum atomic E-state index is -0.504. The molecule has 11 rings (SSSR count). The molecule has 0 aliphatic rings. The highest BCUT2D eigenvalue weighted by molar-refractivity contribution is 6.10. The maximum absolute atomic E-state index is 9.17. The van der Waals surface area contributed by atoms with Crippen molar-refractivity contribution < 1.29 is 11.0 Å². The van der Waals surface area contributed by atoms with E-state index in [1.807, 2.05) is 109 Å². The molecule has 0 fully saturated rings. The van der Waals surface area contributed by atoms with Crippen LogP contribution in [0.25, 0.3) is 100 Å². The Kier molecular flexibility index (Phi) is 5.74. The zero-order valence-corrected chi connectivity index (χ0v) is 29.7. The third-order valence-electron chi connectivity index (χ3n) is 10.2. The topological polar surface area (TPSA) is 48.5 Å². The van der Waals surface area contributed by atoms with Crippen LogP contribution in [0.15, 0.2) is 200 Å². The van der Waals surface area contributed by atoms with Gasteiger partial charge in [-0.1, -0.05) is 145 Å². The summed E-state index contributed by atoms with van der Waals surface area (Å²) in [5, 5.41) is 2.27. The molecule has 262 valence electrons. The molecule has 5 nitrogen and oxygen atoms in total. The van der Waals surface area contributed by atoms with Crippen molar-refractivity contribution in [1.29, 1.82) is 0 Å². The molecule has 8 aromatic carbocycles. The summed E-state index contributed by atoms with van der Waals surface area (Å²) in [7, 11) is 0. The van der Waals surface area contributed by atoms with Crippen molar-refractivity contribution in [1.82, 2.24) is 24.1 Å². The van der Waals surface area contributed by atoms with Crippen LogP contribution in [0.1, 0.15) is 11.0 Å². The Balaban J connectivity index is 1.20. The van der Waals surface area contributed by atoms with Gasteiger partial charge in [-0.3, -0.25) is 0 Å². The second-order valence-corrected chi connectivity index (χ2v) is 13.5. The molecule has 0 radical (unpaired) electrons. The number of benzene rings is 8. The Morgan fingerprint density at radius 3 is 1.43 bits per heavy atom. The van der Waals surface area contributed by atoms with E-state index in [1.165, 1.54) is 4.57 Å². The first-order valence-corrected chi connectivity index (χ1v) is 18.2. The summed E-state index contributed by atoms with van der Waals surface area (Å²) in [4.78, 5) is 15.3. The minimum absolute atomic E-state index is 0.00314. The van der Waals surface area contributed by atoms with Gasteiger partial charge >= 0.3 is 0 Å². The van der Waals surface area contributed by atoms with Crippen molar-refractivity contribution in [3.63, 3.8) is 0 Å². The first kappa shape index (κ1) is 24.6. The fourth-order valence-electron chi connectivity index (χ4n) is 7.68. The maximum Gasteiger partial charge on any atom is 0.164 e. The quantitative estimate of drug-likeness (QED) is 0.172. The van der Waals surface area contributed by atoms with Crippen molar-refractivity contribution in [2.45, 2.75) is 0 Å². The zero-order valence-electron chi connectivity index (χ0n) is 37.7. The SMILES string of the molecule is [2H]c1c([2H])c([2H])c2c(c1[2H])c1c([2H])c([2H])c([2H])c([2H])c1n2-c1cc(-c2ccccc2)cc(-c2nc(-c3ccccc3)nc(-c3cccc(-n4c5ccccc5c5ccccc54)c3)n2)c1. The van der Waals surface area contributed by atoms with Gasteiger partial charge in [0.1, 0.15) is 0 Å². The average molecular weight is 724 g/mol. The highest BCUT2D eigenvalue weighted by Gasteiger charge is 2.18. The molecule has 0 bridgehead atoms. The molecule has 11 aromatic rings. The Morgan fingerprint density at radius 2 is 0.786 bits per heavy atom. The number of para-hydroxylation sites is 4. The van der Waals surface area contributed by atoms with Crippen LogP contribution in [0.3, 0.4) is 0 Å². The lowest BCUT2D eigenvalue weighted by Crippen LogP contribution is -2.02. The number of nitrogens with zero attached hydrogens (tertiary/aromatic N) is 5. The molecule has 0 amide bonds. The number of aromatic nitrogens is 5. The maximum atomic E-state index is 9.17. The van der Waals surface area contributed by atoms with Crippen molar-refractivity contribution in [3.8, 4) is 56.7 Å². The number of rotatable bonds is 6. The van der Waals surface area contributed by atoms with Crippen molar-refractivity contribution in [2.75, 3.05) is 0 Å². The summed E-state index contributed by atoms with van der Waals surface area (Å²) < 4.78 is 74.6. The first-order valence-electron chi connectivity index (χ1n) is 22.2. The van der Waals surface area contributed by atoms with E-state index in [4.69, 9.17) is 23.2 Å². The second kappa shape index (κ2) is 13.0. The van der Waals surface area contributed by atoms with Crippen LogP contribution in [-0.2, 0) is 0 Å². The Labute approximate surface area is 334 Å². The van der Waals surface area contributed by atoms with Gasteiger partial charge in [0.05, 0.1) is 33.0 Å². The number of hydrogen-bond acceptors (Lipinski definition) is 3. The molecule has 0 aliphatic carbocycles. The van der Waals surface area contributed by atoms with E-state index in [9.17, 15) is 2.74 Å². The second-order valence-electron chi connectivity index (χ2n) is 13.5. The Bertz CT molecular complexity index is 3590. The lowest BCUT2D eigenvalue weighted by molar-refractivity contribution is 1.07. The average Bonchev–Trinajstić information content (AvgIpc) is 3.89. The van der Waals surface area contributed by atoms with Crippen LogP contribution in [0.2, 0.25) is 0 Å². The van der Waals surface area contributed by atoms with Gasteiger partial charge in [-0.25, -0.2) is 15.0 Å². The fraction of sp³-hybridized carbons (Fsp3) is 0. The summed E-state index contributed by atoms with van der Waals surface area (Å²) in [5.41, 5.74) is 7.04. The molecule has 0 N–H and O–H groups in total. The predicted molar refractivity (Wildman–Crippen MR) is 230 cm³/mol. The van der Waals surface area contributed by atoms with Gasteiger partial charge in [0.2, 0.25) is 0 Å². The summed E-state index contributed by atoms with van der Waals surface area (Å²) in [5.74, 6) is 1.16. The van der Waals surface area contributed by atoms with Crippen LogP contribution < -0.4 is 0 Å². The van der Waals surface area contributed by atoms with Crippen LogP contribution in [0.5, 0.6) is 0 Å².